The fourth-order valence-corrected chi connectivity index (χ4v) is 1.95. The Morgan fingerprint density at radius 1 is 1.07 bits per heavy atom. The SMILES string of the molecule is C=CN1CCN(Cc2ccccc2)CC1. The maximum atomic E-state index is 3.80. The molecule has 1 fully saturated rings. The average molecular weight is 202 g/mol. The molecule has 1 heterocycles. The molecule has 2 nitrogen and oxygen atoms in total. The summed E-state index contributed by atoms with van der Waals surface area (Å²) in [5, 5.41) is 0. The van der Waals surface area contributed by atoms with Gasteiger partial charge in [0.25, 0.3) is 0 Å². The number of hydrogen-bond donors (Lipinski definition) is 0. The van der Waals surface area contributed by atoms with E-state index in [9.17, 15) is 0 Å². The summed E-state index contributed by atoms with van der Waals surface area (Å²) in [5.74, 6) is 0. The molecular formula is C13H18N2. The average Bonchev–Trinajstić information content (AvgIpc) is 2.31. The van der Waals surface area contributed by atoms with E-state index in [1.165, 1.54) is 5.56 Å². The molecule has 0 radical (unpaired) electrons. The van der Waals surface area contributed by atoms with Gasteiger partial charge in [-0.25, -0.2) is 0 Å². The van der Waals surface area contributed by atoms with Crippen LogP contribution in [-0.4, -0.2) is 36.0 Å². The minimum atomic E-state index is 1.08. The van der Waals surface area contributed by atoms with Gasteiger partial charge in [-0.1, -0.05) is 36.9 Å². The lowest BCUT2D eigenvalue weighted by Gasteiger charge is -2.33. The van der Waals surface area contributed by atoms with Crippen molar-refractivity contribution in [1.82, 2.24) is 9.80 Å². The molecule has 0 aromatic heterocycles. The van der Waals surface area contributed by atoms with Crippen LogP contribution in [0.5, 0.6) is 0 Å². The van der Waals surface area contributed by atoms with E-state index in [0.717, 1.165) is 32.7 Å². The Labute approximate surface area is 91.8 Å². The lowest BCUT2D eigenvalue weighted by molar-refractivity contribution is 0.162. The maximum Gasteiger partial charge on any atom is 0.0300 e. The molecule has 0 spiro atoms. The zero-order chi connectivity index (χ0) is 10.5. The van der Waals surface area contributed by atoms with Crippen LogP contribution in [0.3, 0.4) is 0 Å². The molecule has 1 aliphatic rings. The summed E-state index contributed by atoms with van der Waals surface area (Å²) in [6.07, 6.45) is 1.94. The van der Waals surface area contributed by atoms with Gasteiger partial charge >= 0.3 is 0 Å². The second-order valence-electron chi connectivity index (χ2n) is 3.98. The number of benzene rings is 1. The summed E-state index contributed by atoms with van der Waals surface area (Å²) < 4.78 is 0. The highest BCUT2D eigenvalue weighted by Crippen LogP contribution is 2.07. The number of piperazine rings is 1. The van der Waals surface area contributed by atoms with Crippen molar-refractivity contribution < 1.29 is 0 Å². The number of hydrogen-bond acceptors (Lipinski definition) is 2. The predicted octanol–water partition coefficient (Wildman–Crippen LogP) is 1.95. The van der Waals surface area contributed by atoms with Crippen molar-refractivity contribution in [1.29, 1.82) is 0 Å². The van der Waals surface area contributed by atoms with E-state index >= 15 is 0 Å². The van der Waals surface area contributed by atoms with Crippen molar-refractivity contribution in [2.24, 2.45) is 0 Å². The van der Waals surface area contributed by atoms with Crippen molar-refractivity contribution in [2.75, 3.05) is 26.2 Å². The minimum absolute atomic E-state index is 1.08. The molecule has 0 N–H and O–H groups in total. The predicted molar refractivity (Wildman–Crippen MR) is 63.5 cm³/mol. The van der Waals surface area contributed by atoms with Gasteiger partial charge in [0.2, 0.25) is 0 Å². The van der Waals surface area contributed by atoms with Crippen LogP contribution in [0.4, 0.5) is 0 Å². The Balaban J connectivity index is 1.85. The first kappa shape index (κ1) is 10.2. The molecule has 1 aliphatic heterocycles. The Morgan fingerprint density at radius 3 is 2.33 bits per heavy atom. The third kappa shape index (κ3) is 2.83. The summed E-state index contributed by atoms with van der Waals surface area (Å²) in [5.41, 5.74) is 1.41. The molecule has 1 aromatic rings. The smallest absolute Gasteiger partial charge is 0.0300 e. The molecule has 2 rings (SSSR count). The Morgan fingerprint density at radius 2 is 1.73 bits per heavy atom. The second kappa shape index (κ2) is 4.99. The van der Waals surface area contributed by atoms with Crippen molar-refractivity contribution in [3.8, 4) is 0 Å². The molecule has 1 saturated heterocycles. The Bertz CT molecular complexity index is 300. The zero-order valence-corrected chi connectivity index (χ0v) is 9.10. The fourth-order valence-electron chi connectivity index (χ4n) is 1.95. The number of rotatable bonds is 3. The standard InChI is InChI=1S/C13H18N2/c1-2-14-8-10-15(11-9-14)12-13-6-4-3-5-7-13/h2-7H,1,8-12H2. The molecule has 0 amide bonds. The molecule has 0 saturated carbocycles. The van der Waals surface area contributed by atoms with Crippen molar-refractivity contribution in [2.45, 2.75) is 6.54 Å². The molecule has 0 atom stereocenters. The maximum absolute atomic E-state index is 3.80. The normalized spacial score (nSPS) is 17.7. The largest absolute Gasteiger partial charge is 0.375 e. The molecule has 2 heteroatoms. The van der Waals surface area contributed by atoms with Crippen LogP contribution in [0.25, 0.3) is 0 Å². The van der Waals surface area contributed by atoms with E-state index in [2.05, 4.69) is 46.7 Å². The summed E-state index contributed by atoms with van der Waals surface area (Å²) in [7, 11) is 0. The van der Waals surface area contributed by atoms with E-state index in [-0.39, 0.29) is 0 Å². The minimum Gasteiger partial charge on any atom is -0.375 e. The van der Waals surface area contributed by atoms with E-state index in [1.54, 1.807) is 0 Å². The topological polar surface area (TPSA) is 6.48 Å². The van der Waals surface area contributed by atoms with Gasteiger partial charge in [-0.3, -0.25) is 4.90 Å². The van der Waals surface area contributed by atoms with Gasteiger partial charge < -0.3 is 4.90 Å². The van der Waals surface area contributed by atoms with E-state index in [1.807, 2.05) is 6.20 Å². The first-order valence-electron chi connectivity index (χ1n) is 5.51. The third-order valence-electron chi connectivity index (χ3n) is 2.91. The van der Waals surface area contributed by atoms with Crippen LogP contribution in [0.1, 0.15) is 5.56 Å². The molecule has 0 aliphatic carbocycles. The summed E-state index contributed by atoms with van der Waals surface area (Å²) in [6.45, 7) is 9.37. The fraction of sp³-hybridized carbons (Fsp3) is 0.385. The van der Waals surface area contributed by atoms with Crippen LogP contribution >= 0.6 is 0 Å². The van der Waals surface area contributed by atoms with Gasteiger partial charge in [0.15, 0.2) is 0 Å². The van der Waals surface area contributed by atoms with Gasteiger partial charge in [0.1, 0.15) is 0 Å². The van der Waals surface area contributed by atoms with Crippen molar-refractivity contribution in [3.63, 3.8) is 0 Å². The molecule has 0 bridgehead atoms. The highest BCUT2D eigenvalue weighted by molar-refractivity contribution is 5.14. The summed E-state index contributed by atoms with van der Waals surface area (Å²) >= 11 is 0. The van der Waals surface area contributed by atoms with Crippen LogP contribution < -0.4 is 0 Å². The zero-order valence-electron chi connectivity index (χ0n) is 9.10. The molecular weight excluding hydrogens is 184 g/mol. The second-order valence-corrected chi connectivity index (χ2v) is 3.98. The quantitative estimate of drug-likeness (QED) is 0.739. The van der Waals surface area contributed by atoms with Crippen molar-refractivity contribution >= 4 is 0 Å². The van der Waals surface area contributed by atoms with Gasteiger partial charge in [-0.05, 0) is 11.8 Å². The molecule has 0 unspecified atom stereocenters. The van der Waals surface area contributed by atoms with Crippen LogP contribution in [0.2, 0.25) is 0 Å². The first-order chi connectivity index (χ1) is 7.38. The summed E-state index contributed by atoms with van der Waals surface area (Å²) in [6, 6.07) is 10.7. The monoisotopic (exact) mass is 202 g/mol. The number of nitrogens with zero attached hydrogens (tertiary/aromatic N) is 2. The van der Waals surface area contributed by atoms with Gasteiger partial charge in [-0.2, -0.15) is 0 Å². The van der Waals surface area contributed by atoms with E-state index < -0.39 is 0 Å². The Hall–Kier alpha value is -1.28. The summed E-state index contributed by atoms with van der Waals surface area (Å²) in [4.78, 5) is 4.77. The van der Waals surface area contributed by atoms with Gasteiger partial charge in [-0.15, -0.1) is 0 Å². The first-order valence-corrected chi connectivity index (χ1v) is 5.51. The lowest BCUT2D eigenvalue weighted by Crippen LogP contribution is -2.43. The van der Waals surface area contributed by atoms with E-state index in [4.69, 9.17) is 0 Å². The van der Waals surface area contributed by atoms with Crippen LogP contribution in [-0.2, 0) is 6.54 Å². The van der Waals surface area contributed by atoms with Gasteiger partial charge in [0.05, 0.1) is 0 Å². The Kier molecular flexibility index (Phi) is 3.41. The molecule has 1 aromatic carbocycles. The highest BCUT2D eigenvalue weighted by Gasteiger charge is 2.13. The lowest BCUT2D eigenvalue weighted by atomic mass is 10.2. The highest BCUT2D eigenvalue weighted by atomic mass is 15.2. The van der Waals surface area contributed by atoms with Crippen LogP contribution in [0, 0.1) is 0 Å². The van der Waals surface area contributed by atoms with Crippen LogP contribution in [0.15, 0.2) is 43.1 Å². The van der Waals surface area contributed by atoms with Crippen molar-refractivity contribution in [3.05, 3.63) is 48.7 Å². The van der Waals surface area contributed by atoms with E-state index in [0.29, 0.717) is 0 Å². The molecule has 80 valence electrons. The third-order valence-corrected chi connectivity index (χ3v) is 2.91. The van der Waals surface area contributed by atoms with Gasteiger partial charge in [0, 0.05) is 32.7 Å². The molecule has 15 heavy (non-hydrogen) atoms.